The molecule has 0 aliphatic rings. The molecule has 0 saturated carbocycles. The molecule has 0 aromatic carbocycles. The second-order valence-electron chi connectivity index (χ2n) is 5.90. The number of hydrogen-bond acceptors (Lipinski definition) is 6. The summed E-state index contributed by atoms with van der Waals surface area (Å²) in [4.78, 5) is 8.71. The molecule has 20 heavy (non-hydrogen) atoms. The van der Waals surface area contributed by atoms with Crippen LogP contribution in [0.4, 0.5) is 11.6 Å². The maximum atomic E-state index is 10.3. The van der Waals surface area contributed by atoms with Crippen molar-refractivity contribution in [3.05, 3.63) is 11.9 Å². The summed E-state index contributed by atoms with van der Waals surface area (Å²) >= 11 is 0. The Balaban J connectivity index is 2.73. The van der Waals surface area contributed by atoms with Crippen molar-refractivity contribution in [2.24, 2.45) is 11.8 Å². The molecule has 0 aliphatic heterocycles. The van der Waals surface area contributed by atoms with Crippen molar-refractivity contribution in [3.8, 4) is 0 Å². The minimum absolute atomic E-state index is 0.439. The largest absolute Gasteiger partial charge is 0.388 e. The zero-order chi connectivity index (χ0) is 15.2. The number of aliphatic hydroxyl groups is 1. The van der Waals surface area contributed by atoms with Gasteiger partial charge in [0, 0.05) is 19.0 Å². The Morgan fingerprint density at radius 2 is 2.00 bits per heavy atom. The number of nitrogens with one attached hydrogen (secondary N) is 2. The third kappa shape index (κ3) is 5.71. The predicted molar refractivity (Wildman–Crippen MR) is 82.4 cm³/mol. The monoisotopic (exact) mass is 281 g/mol. The van der Waals surface area contributed by atoms with E-state index >= 15 is 0 Å². The molecule has 0 radical (unpaired) electrons. The van der Waals surface area contributed by atoms with Crippen LogP contribution >= 0.6 is 0 Å². The smallest absolute Gasteiger partial charge is 0.145 e. The summed E-state index contributed by atoms with van der Waals surface area (Å²) in [6.45, 7) is 8.53. The molecule has 5 N–H and O–H groups in total. The van der Waals surface area contributed by atoms with Crippen LogP contribution in [-0.4, -0.2) is 27.2 Å². The van der Waals surface area contributed by atoms with E-state index in [4.69, 9.17) is 5.84 Å². The molecule has 114 valence electrons. The van der Waals surface area contributed by atoms with Crippen molar-refractivity contribution < 1.29 is 5.11 Å². The number of hydrogen-bond donors (Lipinski definition) is 4. The van der Waals surface area contributed by atoms with Crippen LogP contribution in [0.3, 0.4) is 0 Å². The molecule has 1 aromatic heterocycles. The summed E-state index contributed by atoms with van der Waals surface area (Å²) in [5.74, 6) is 7.86. The lowest BCUT2D eigenvalue weighted by atomic mass is 9.94. The Bertz CT molecular complexity index is 420. The van der Waals surface area contributed by atoms with Gasteiger partial charge in [-0.15, -0.1) is 0 Å². The van der Waals surface area contributed by atoms with E-state index in [9.17, 15) is 5.11 Å². The van der Waals surface area contributed by atoms with Gasteiger partial charge in [0.1, 0.15) is 17.5 Å². The molecule has 6 heteroatoms. The number of aromatic nitrogens is 2. The van der Waals surface area contributed by atoms with E-state index in [1.165, 1.54) is 0 Å². The van der Waals surface area contributed by atoms with Gasteiger partial charge in [-0.25, -0.2) is 15.8 Å². The first kappa shape index (κ1) is 16.7. The van der Waals surface area contributed by atoms with Gasteiger partial charge in [-0.1, -0.05) is 20.8 Å². The quantitative estimate of drug-likeness (QED) is 0.429. The maximum absolute atomic E-state index is 10.3. The molecule has 1 rings (SSSR count). The zero-order valence-corrected chi connectivity index (χ0v) is 12.9. The highest BCUT2D eigenvalue weighted by molar-refractivity contribution is 5.47. The highest BCUT2D eigenvalue weighted by Crippen LogP contribution is 2.18. The average molecular weight is 281 g/mol. The standard InChI is InChI=1S/C14H27N5O/c1-5-6-11-17-12(7-13(18-11)19-15)16-9-14(4,20)8-10(2)3/h7,10,20H,5-6,8-9,15H2,1-4H3,(H2,16,17,18,19). The van der Waals surface area contributed by atoms with Crippen molar-refractivity contribution in [1.29, 1.82) is 0 Å². The van der Waals surface area contributed by atoms with E-state index in [-0.39, 0.29) is 0 Å². The Labute approximate surface area is 121 Å². The van der Waals surface area contributed by atoms with E-state index in [0.29, 0.717) is 24.1 Å². The molecule has 0 bridgehead atoms. The van der Waals surface area contributed by atoms with Crippen LogP contribution < -0.4 is 16.6 Å². The first-order valence-electron chi connectivity index (χ1n) is 7.17. The molecular formula is C14H27N5O. The van der Waals surface area contributed by atoms with Crippen molar-refractivity contribution >= 4 is 11.6 Å². The van der Waals surface area contributed by atoms with Crippen LogP contribution in [0, 0.1) is 5.92 Å². The van der Waals surface area contributed by atoms with Gasteiger partial charge in [0.15, 0.2) is 0 Å². The number of aryl methyl sites for hydroxylation is 1. The van der Waals surface area contributed by atoms with E-state index in [0.717, 1.165) is 25.1 Å². The first-order chi connectivity index (χ1) is 9.36. The molecule has 1 aromatic rings. The van der Waals surface area contributed by atoms with Gasteiger partial charge < -0.3 is 15.8 Å². The third-order valence-corrected chi connectivity index (χ3v) is 2.89. The van der Waals surface area contributed by atoms with Gasteiger partial charge in [-0.2, -0.15) is 0 Å². The van der Waals surface area contributed by atoms with Crippen LogP contribution in [0.15, 0.2) is 6.07 Å². The Hall–Kier alpha value is -1.40. The molecule has 0 saturated heterocycles. The number of anilines is 2. The van der Waals surface area contributed by atoms with Gasteiger partial charge in [0.05, 0.1) is 5.60 Å². The molecule has 0 amide bonds. The van der Waals surface area contributed by atoms with Gasteiger partial charge in [-0.05, 0) is 25.7 Å². The summed E-state index contributed by atoms with van der Waals surface area (Å²) in [5, 5.41) is 13.5. The van der Waals surface area contributed by atoms with Crippen LogP contribution in [-0.2, 0) is 6.42 Å². The van der Waals surface area contributed by atoms with E-state index in [1.54, 1.807) is 6.07 Å². The lowest BCUT2D eigenvalue weighted by Gasteiger charge is -2.26. The van der Waals surface area contributed by atoms with Gasteiger partial charge in [0.25, 0.3) is 0 Å². The average Bonchev–Trinajstić information content (AvgIpc) is 2.35. The van der Waals surface area contributed by atoms with E-state index in [1.807, 2.05) is 6.92 Å². The van der Waals surface area contributed by atoms with Crippen molar-refractivity contribution in [2.75, 3.05) is 17.3 Å². The number of rotatable bonds is 8. The Kier molecular flexibility index (Phi) is 6.16. The summed E-state index contributed by atoms with van der Waals surface area (Å²) in [6, 6.07) is 1.74. The zero-order valence-electron chi connectivity index (χ0n) is 12.9. The van der Waals surface area contributed by atoms with Gasteiger partial charge >= 0.3 is 0 Å². The molecular weight excluding hydrogens is 254 g/mol. The number of nitrogens with two attached hydrogens (primary N) is 1. The molecule has 1 atom stereocenters. The van der Waals surface area contributed by atoms with Gasteiger partial charge in [0.2, 0.25) is 0 Å². The predicted octanol–water partition coefficient (Wildman–Crippen LogP) is 1.92. The highest BCUT2D eigenvalue weighted by atomic mass is 16.3. The third-order valence-electron chi connectivity index (χ3n) is 2.89. The SMILES string of the molecule is CCCc1nc(NN)cc(NCC(C)(O)CC(C)C)n1. The minimum Gasteiger partial charge on any atom is -0.388 e. The molecule has 1 unspecified atom stereocenters. The fraction of sp³-hybridized carbons (Fsp3) is 0.714. The fourth-order valence-corrected chi connectivity index (χ4v) is 2.23. The topological polar surface area (TPSA) is 96.1 Å². The van der Waals surface area contributed by atoms with E-state index in [2.05, 4.69) is 41.5 Å². The van der Waals surface area contributed by atoms with Crippen LogP contribution in [0.1, 0.15) is 46.4 Å². The van der Waals surface area contributed by atoms with Crippen molar-refractivity contribution in [2.45, 2.75) is 52.6 Å². The minimum atomic E-state index is -0.764. The summed E-state index contributed by atoms with van der Waals surface area (Å²) in [5.41, 5.74) is 1.78. The van der Waals surface area contributed by atoms with Crippen molar-refractivity contribution in [3.63, 3.8) is 0 Å². The van der Waals surface area contributed by atoms with Crippen molar-refractivity contribution in [1.82, 2.24) is 9.97 Å². The van der Waals surface area contributed by atoms with Crippen LogP contribution in [0.25, 0.3) is 0 Å². The lowest BCUT2D eigenvalue weighted by Crippen LogP contribution is -2.35. The lowest BCUT2D eigenvalue weighted by molar-refractivity contribution is 0.0514. The van der Waals surface area contributed by atoms with E-state index < -0.39 is 5.60 Å². The number of hydrazine groups is 1. The Morgan fingerprint density at radius 1 is 1.35 bits per heavy atom. The fourth-order valence-electron chi connectivity index (χ4n) is 2.23. The molecule has 0 spiro atoms. The van der Waals surface area contributed by atoms with Gasteiger partial charge in [-0.3, -0.25) is 0 Å². The Morgan fingerprint density at radius 3 is 2.55 bits per heavy atom. The molecule has 0 aliphatic carbocycles. The second kappa shape index (κ2) is 7.40. The highest BCUT2D eigenvalue weighted by Gasteiger charge is 2.21. The summed E-state index contributed by atoms with van der Waals surface area (Å²) in [7, 11) is 0. The summed E-state index contributed by atoms with van der Waals surface area (Å²) < 4.78 is 0. The van der Waals surface area contributed by atoms with Crippen LogP contribution in [0.5, 0.6) is 0 Å². The normalized spacial score (nSPS) is 14.2. The molecule has 1 heterocycles. The second-order valence-corrected chi connectivity index (χ2v) is 5.90. The maximum Gasteiger partial charge on any atom is 0.145 e. The molecule has 0 fully saturated rings. The van der Waals surface area contributed by atoms with Crippen LogP contribution in [0.2, 0.25) is 0 Å². The number of nitrogens with zero attached hydrogens (tertiary/aromatic N) is 2. The molecule has 6 nitrogen and oxygen atoms in total. The number of nitrogen functional groups attached to an aromatic ring is 1. The summed E-state index contributed by atoms with van der Waals surface area (Å²) in [6.07, 6.45) is 2.50. The first-order valence-corrected chi connectivity index (χ1v) is 7.17.